The van der Waals surface area contributed by atoms with Crippen molar-refractivity contribution >= 4 is 17.6 Å². The van der Waals surface area contributed by atoms with Gasteiger partial charge < -0.3 is 25.4 Å². The summed E-state index contributed by atoms with van der Waals surface area (Å²) >= 11 is 0. The van der Waals surface area contributed by atoms with Gasteiger partial charge in [-0.25, -0.2) is 4.39 Å². The third kappa shape index (κ3) is 7.14. The van der Waals surface area contributed by atoms with E-state index in [1.54, 1.807) is 26.3 Å². The topological polar surface area (TPSA) is 84.0 Å². The molecular formula is C20H25FN4O3. The van der Waals surface area contributed by atoms with E-state index in [0.29, 0.717) is 23.9 Å². The Morgan fingerprint density at radius 3 is 2.61 bits per heavy atom. The SMILES string of the molecule is CN=C(NCC(=O)Nc1cccc(F)c1)NCC(C)Oc1cccc(OC)c1. The molecule has 7 nitrogen and oxygen atoms in total. The lowest BCUT2D eigenvalue weighted by molar-refractivity contribution is -0.115. The number of hydrogen-bond donors (Lipinski definition) is 3. The van der Waals surface area contributed by atoms with E-state index in [0.717, 1.165) is 5.75 Å². The van der Waals surface area contributed by atoms with Crippen LogP contribution in [0.2, 0.25) is 0 Å². The highest BCUT2D eigenvalue weighted by Gasteiger charge is 2.08. The third-order valence-electron chi connectivity index (χ3n) is 3.68. The van der Waals surface area contributed by atoms with Gasteiger partial charge in [0.1, 0.15) is 23.4 Å². The number of carbonyl (C=O) groups excluding carboxylic acids is 1. The van der Waals surface area contributed by atoms with E-state index in [1.807, 2.05) is 25.1 Å². The van der Waals surface area contributed by atoms with Crippen molar-refractivity contribution in [2.45, 2.75) is 13.0 Å². The number of hydrogen-bond acceptors (Lipinski definition) is 4. The van der Waals surface area contributed by atoms with Gasteiger partial charge in [0, 0.05) is 18.8 Å². The molecule has 1 unspecified atom stereocenters. The largest absolute Gasteiger partial charge is 0.497 e. The molecule has 2 aromatic rings. The fourth-order valence-electron chi connectivity index (χ4n) is 2.34. The van der Waals surface area contributed by atoms with Crippen LogP contribution in [-0.4, -0.2) is 45.2 Å². The molecule has 0 fully saturated rings. The number of anilines is 1. The van der Waals surface area contributed by atoms with Crippen molar-refractivity contribution in [2.75, 3.05) is 32.6 Å². The molecule has 1 amide bonds. The first kappa shape index (κ1) is 21.0. The molecule has 0 aliphatic rings. The molecule has 0 radical (unpaired) electrons. The minimum Gasteiger partial charge on any atom is -0.497 e. The van der Waals surface area contributed by atoms with Gasteiger partial charge in [-0.1, -0.05) is 12.1 Å². The number of benzene rings is 2. The van der Waals surface area contributed by atoms with Crippen molar-refractivity contribution < 1.29 is 18.7 Å². The summed E-state index contributed by atoms with van der Waals surface area (Å²) in [6.45, 7) is 2.38. The average Bonchev–Trinajstić information content (AvgIpc) is 2.68. The van der Waals surface area contributed by atoms with Gasteiger partial charge in [-0.05, 0) is 37.3 Å². The van der Waals surface area contributed by atoms with Gasteiger partial charge in [-0.15, -0.1) is 0 Å². The molecule has 0 bridgehead atoms. The van der Waals surface area contributed by atoms with Crippen molar-refractivity contribution in [3.05, 3.63) is 54.3 Å². The minimum absolute atomic E-state index is 0.0126. The molecular weight excluding hydrogens is 363 g/mol. The molecule has 1 atom stereocenters. The van der Waals surface area contributed by atoms with E-state index in [9.17, 15) is 9.18 Å². The number of halogens is 1. The van der Waals surface area contributed by atoms with Gasteiger partial charge in [-0.3, -0.25) is 9.79 Å². The summed E-state index contributed by atoms with van der Waals surface area (Å²) in [6.07, 6.45) is -0.147. The normalized spacial score (nSPS) is 12.1. The van der Waals surface area contributed by atoms with Crippen LogP contribution >= 0.6 is 0 Å². The number of guanidine groups is 1. The summed E-state index contributed by atoms with van der Waals surface area (Å²) in [5.41, 5.74) is 0.398. The Bertz CT molecular complexity index is 814. The van der Waals surface area contributed by atoms with Crippen LogP contribution < -0.4 is 25.4 Å². The molecule has 0 saturated carbocycles. The number of rotatable bonds is 8. The van der Waals surface area contributed by atoms with Crippen LogP contribution in [0.5, 0.6) is 11.5 Å². The summed E-state index contributed by atoms with van der Waals surface area (Å²) in [5.74, 6) is 1.16. The Labute approximate surface area is 164 Å². The fraction of sp³-hybridized carbons (Fsp3) is 0.300. The second kappa shape index (κ2) is 10.8. The molecule has 150 valence electrons. The molecule has 0 heterocycles. The fourth-order valence-corrected chi connectivity index (χ4v) is 2.34. The summed E-state index contributed by atoms with van der Waals surface area (Å²) in [4.78, 5) is 16.0. The van der Waals surface area contributed by atoms with Crippen molar-refractivity contribution in [3.8, 4) is 11.5 Å². The Balaban J connectivity index is 1.75. The van der Waals surface area contributed by atoms with Crippen molar-refractivity contribution in [1.82, 2.24) is 10.6 Å². The maximum atomic E-state index is 13.1. The average molecular weight is 388 g/mol. The summed E-state index contributed by atoms with van der Waals surface area (Å²) in [6, 6.07) is 13.1. The number of carbonyl (C=O) groups is 1. The predicted octanol–water partition coefficient (Wildman–Crippen LogP) is 2.41. The number of ether oxygens (including phenoxy) is 2. The van der Waals surface area contributed by atoms with Gasteiger partial charge in [0.15, 0.2) is 5.96 Å². The van der Waals surface area contributed by atoms with Gasteiger partial charge in [-0.2, -0.15) is 0 Å². The molecule has 3 N–H and O–H groups in total. The highest BCUT2D eigenvalue weighted by atomic mass is 19.1. The van der Waals surface area contributed by atoms with E-state index in [2.05, 4.69) is 20.9 Å². The first-order valence-corrected chi connectivity index (χ1v) is 8.81. The molecule has 0 aliphatic carbocycles. The van der Waals surface area contributed by atoms with Crippen LogP contribution in [0.25, 0.3) is 0 Å². The maximum Gasteiger partial charge on any atom is 0.243 e. The molecule has 0 spiro atoms. The van der Waals surface area contributed by atoms with Crippen LogP contribution in [0, 0.1) is 5.82 Å². The van der Waals surface area contributed by atoms with E-state index in [-0.39, 0.29) is 18.6 Å². The van der Waals surface area contributed by atoms with Gasteiger partial charge in [0.25, 0.3) is 0 Å². The number of nitrogens with zero attached hydrogens (tertiary/aromatic N) is 1. The van der Waals surface area contributed by atoms with Crippen LogP contribution in [0.3, 0.4) is 0 Å². The quantitative estimate of drug-likeness (QED) is 0.478. The molecule has 28 heavy (non-hydrogen) atoms. The highest BCUT2D eigenvalue weighted by molar-refractivity contribution is 5.94. The van der Waals surface area contributed by atoms with Crippen LogP contribution in [-0.2, 0) is 4.79 Å². The predicted molar refractivity (Wildman–Crippen MR) is 107 cm³/mol. The van der Waals surface area contributed by atoms with Crippen molar-refractivity contribution in [3.63, 3.8) is 0 Å². The zero-order valence-corrected chi connectivity index (χ0v) is 16.2. The summed E-state index contributed by atoms with van der Waals surface area (Å²) in [7, 11) is 3.21. The molecule has 2 aromatic carbocycles. The molecule has 8 heteroatoms. The van der Waals surface area contributed by atoms with Gasteiger partial charge in [0.2, 0.25) is 5.91 Å². The van der Waals surface area contributed by atoms with E-state index in [4.69, 9.17) is 9.47 Å². The summed E-state index contributed by atoms with van der Waals surface area (Å²) < 4.78 is 24.1. The zero-order chi connectivity index (χ0) is 20.4. The second-order valence-corrected chi connectivity index (χ2v) is 5.97. The van der Waals surface area contributed by atoms with E-state index >= 15 is 0 Å². The van der Waals surface area contributed by atoms with E-state index in [1.165, 1.54) is 18.2 Å². The lowest BCUT2D eigenvalue weighted by atomic mass is 10.3. The summed E-state index contributed by atoms with van der Waals surface area (Å²) in [5, 5.41) is 8.60. The maximum absolute atomic E-state index is 13.1. The number of amides is 1. The van der Waals surface area contributed by atoms with E-state index < -0.39 is 5.82 Å². The third-order valence-corrected chi connectivity index (χ3v) is 3.68. The lowest BCUT2D eigenvalue weighted by Gasteiger charge is -2.18. The highest BCUT2D eigenvalue weighted by Crippen LogP contribution is 2.19. The Morgan fingerprint density at radius 2 is 1.89 bits per heavy atom. The van der Waals surface area contributed by atoms with Gasteiger partial charge >= 0.3 is 0 Å². The van der Waals surface area contributed by atoms with Crippen LogP contribution in [0.15, 0.2) is 53.5 Å². The zero-order valence-electron chi connectivity index (χ0n) is 16.2. The Morgan fingerprint density at radius 1 is 1.14 bits per heavy atom. The molecule has 0 saturated heterocycles. The molecule has 0 aromatic heterocycles. The van der Waals surface area contributed by atoms with Crippen molar-refractivity contribution in [2.24, 2.45) is 4.99 Å². The standard InChI is InChI=1S/C20H25FN4O3/c1-14(28-18-9-5-8-17(11-18)27-3)12-23-20(22-2)24-13-19(26)25-16-7-4-6-15(21)10-16/h4-11,14H,12-13H2,1-3H3,(H,25,26)(H2,22,23,24). The minimum atomic E-state index is -0.409. The number of nitrogens with one attached hydrogen (secondary N) is 3. The molecule has 0 aliphatic heterocycles. The van der Waals surface area contributed by atoms with Crippen LogP contribution in [0.1, 0.15) is 6.92 Å². The lowest BCUT2D eigenvalue weighted by Crippen LogP contribution is -2.44. The van der Waals surface area contributed by atoms with Crippen molar-refractivity contribution in [1.29, 1.82) is 0 Å². The molecule has 2 rings (SSSR count). The Hall–Kier alpha value is -3.29. The second-order valence-electron chi connectivity index (χ2n) is 5.97. The first-order valence-electron chi connectivity index (χ1n) is 8.81. The monoisotopic (exact) mass is 388 g/mol. The Kier molecular flexibility index (Phi) is 8.08. The van der Waals surface area contributed by atoms with Gasteiger partial charge in [0.05, 0.1) is 20.2 Å². The number of methoxy groups -OCH3 is 1. The smallest absolute Gasteiger partial charge is 0.243 e. The van der Waals surface area contributed by atoms with Crippen LogP contribution in [0.4, 0.5) is 10.1 Å². The number of aliphatic imine (C=N–C) groups is 1. The first-order chi connectivity index (χ1) is 13.5.